The first-order chi connectivity index (χ1) is 17.6. The van der Waals surface area contributed by atoms with Gasteiger partial charge in [0, 0.05) is 16.9 Å². The predicted octanol–water partition coefficient (Wildman–Crippen LogP) is 2.96. The Morgan fingerprint density at radius 3 is 1.70 bits per heavy atom. The molecule has 0 radical (unpaired) electrons. The molecule has 11 nitrogen and oxygen atoms in total. The van der Waals surface area contributed by atoms with Crippen molar-refractivity contribution >= 4 is 46.9 Å². The first-order valence-corrected chi connectivity index (χ1v) is 10.9. The summed E-state index contributed by atoms with van der Waals surface area (Å²) in [5.74, 6) is -5.08. The number of nitrogens with one attached hydrogen (secondary N) is 2. The van der Waals surface area contributed by atoms with Crippen LogP contribution in [0.5, 0.6) is 0 Å². The highest BCUT2D eigenvalue weighted by Crippen LogP contribution is 2.25. The molecular formula is C26H19N3O8. The SMILES string of the molecule is C[C@@H](C(=O)Nc1ccc(C(=O)Nc2cc(C(=O)O)cc(C(=O)O)c2)cc1)N1C(=O)c2ccccc2C1=O. The van der Waals surface area contributed by atoms with E-state index in [4.69, 9.17) is 0 Å². The highest BCUT2D eigenvalue weighted by atomic mass is 16.4. The standard InChI is InChI=1S/C26H19N3O8/c1-13(29-23(32)19-4-2-3-5-20(19)24(29)33)21(30)27-17-8-6-14(7-9-17)22(31)28-18-11-15(25(34)35)10-16(12-18)26(36)37/h2-13H,1H3,(H,27,30)(H,28,31)(H,34,35)(H,36,37)/t13-/m0/s1. The van der Waals surface area contributed by atoms with Crippen LogP contribution in [0.4, 0.5) is 11.4 Å². The maximum absolute atomic E-state index is 12.7. The van der Waals surface area contributed by atoms with Gasteiger partial charge in [-0.05, 0) is 61.5 Å². The number of aromatic carboxylic acids is 2. The lowest BCUT2D eigenvalue weighted by atomic mass is 10.1. The third kappa shape index (κ3) is 4.91. The van der Waals surface area contributed by atoms with Crippen molar-refractivity contribution in [3.8, 4) is 0 Å². The lowest BCUT2D eigenvalue weighted by molar-refractivity contribution is -0.119. The molecule has 3 aromatic rings. The monoisotopic (exact) mass is 501 g/mol. The molecule has 4 amide bonds. The van der Waals surface area contributed by atoms with Crippen LogP contribution < -0.4 is 10.6 Å². The summed E-state index contributed by atoms with van der Waals surface area (Å²) >= 11 is 0. The van der Waals surface area contributed by atoms with E-state index in [1.165, 1.54) is 43.3 Å². The molecule has 3 aromatic carbocycles. The summed E-state index contributed by atoms with van der Waals surface area (Å²) in [6.07, 6.45) is 0. The summed E-state index contributed by atoms with van der Waals surface area (Å²) in [6.45, 7) is 1.43. The van der Waals surface area contributed by atoms with Gasteiger partial charge in [0.1, 0.15) is 6.04 Å². The summed E-state index contributed by atoms with van der Waals surface area (Å²) < 4.78 is 0. The number of nitrogens with zero attached hydrogens (tertiary/aromatic N) is 1. The smallest absolute Gasteiger partial charge is 0.335 e. The Bertz CT molecular complexity index is 1410. The number of carbonyl (C=O) groups excluding carboxylic acids is 4. The Balaban J connectivity index is 1.43. The highest BCUT2D eigenvalue weighted by Gasteiger charge is 2.40. The van der Waals surface area contributed by atoms with Crippen LogP contribution in [0.3, 0.4) is 0 Å². The number of amides is 4. The van der Waals surface area contributed by atoms with Gasteiger partial charge in [-0.15, -0.1) is 0 Å². The second-order valence-corrected chi connectivity index (χ2v) is 8.13. The Hall–Kier alpha value is -5.32. The van der Waals surface area contributed by atoms with Crippen molar-refractivity contribution in [2.75, 3.05) is 10.6 Å². The minimum atomic E-state index is -1.35. The summed E-state index contributed by atoms with van der Waals surface area (Å²) in [5, 5.41) is 23.4. The number of rotatable bonds is 7. The predicted molar refractivity (Wildman–Crippen MR) is 130 cm³/mol. The molecule has 0 aliphatic carbocycles. The average Bonchev–Trinajstić information content (AvgIpc) is 3.13. The molecule has 1 heterocycles. The van der Waals surface area contributed by atoms with Crippen molar-refractivity contribution < 1.29 is 39.0 Å². The van der Waals surface area contributed by atoms with E-state index in [0.717, 1.165) is 23.1 Å². The number of fused-ring (bicyclic) bond motifs is 1. The molecule has 0 spiro atoms. The molecule has 4 N–H and O–H groups in total. The quantitative estimate of drug-likeness (QED) is 0.358. The molecule has 0 unspecified atom stereocenters. The minimum Gasteiger partial charge on any atom is -0.478 e. The van der Waals surface area contributed by atoms with Gasteiger partial charge in [-0.2, -0.15) is 0 Å². The Morgan fingerprint density at radius 1 is 0.703 bits per heavy atom. The number of carboxylic acids is 2. The van der Waals surface area contributed by atoms with E-state index < -0.39 is 41.6 Å². The van der Waals surface area contributed by atoms with Gasteiger partial charge in [-0.3, -0.25) is 24.1 Å². The molecule has 1 aliphatic heterocycles. The van der Waals surface area contributed by atoms with E-state index in [1.807, 2.05) is 0 Å². The molecule has 1 atom stereocenters. The molecule has 1 aliphatic rings. The van der Waals surface area contributed by atoms with Crippen LogP contribution in [-0.4, -0.2) is 56.7 Å². The van der Waals surface area contributed by atoms with E-state index in [-0.39, 0.29) is 33.5 Å². The summed E-state index contributed by atoms with van der Waals surface area (Å²) in [5.41, 5.74) is 0.268. The summed E-state index contributed by atoms with van der Waals surface area (Å²) in [4.78, 5) is 74.0. The van der Waals surface area contributed by atoms with Gasteiger partial charge >= 0.3 is 11.9 Å². The van der Waals surface area contributed by atoms with Crippen LogP contribution in [0, 0.1) is 0 Å². The van der Waals surface area contributed by atoms with E-state index in [2.05, 4.69) is 10.6 Å². The Morgan fingerprint density at radius 2 is 1.22 bits per heavy atom. The second-order valence-electron chi connectivity index (χ2n) is 8.13. The Labute approximate surface area is 209 Å². The fourth-order valence-corrected chi connectivity index (χ4v) is 3.78. The van der Waals surface area contributed by atoms with Gasteiger partial charge in [-0.1, -0.05) is 12.1 Å². The van der Waals surface area contributed by atoms with Gasteiger partial charge in [0.15, 0.2) is 0 Å². The number of hydrogen-bond acceptors (Lipinski definition) is 6. The largest absolute Gasteiger partial charge is 0.478 e. The third-order valence-electron chi connectivity index (χ3n) is 5.69. The lowest BCUT2D eigenvalue weighted by Crippen LogP contribution is -2.45. The van der Waals surface area contributed by atoms with Crippen LogP contribution >= 0.6 is 0 Å². The molecule has 0 saturated heterocycles. The molecule has 0 saturated carbocycles. The number of benzene rings is 3. The van der Waals surface area contributed by atoms with Crippen LogP contribution in [0.15, 0.2) is 66.7 Å². The van der Waals surface area contributed by atoms with Crippen molar-refractivity contribution in [1.82, 2.24) is 4.90 Å². The number of anilines is 2. The van der Waals surface area contributed by atoms with Gasteiger partial charge in [0.2, 0.25) is 5.91 Å². The van der Waals surface area contributed by atoms with Crippen molar-refractivity contribution in [2.24, 2.45) is 0 Å². The first-order valence-electron chi connectivity index (χ1n) is 10.9. The molecule has 11 heteroatoms. The Kier molecular flexibility index (Phi) is 6.53. The molecule has 186 valence electrons. The van der Waals surface area contributed by atoms with E-state index in [9.17, 15) is 39.0 Å². The van der Waals surface area contributed by atoms with Gasteiger partial charge < -0.3 is 20.8 Å². The molecular weight excluding hydrogens is 482 g/mol. The summed E-state index contributed by atoms with van der Waals surface area (Å²) in [6, 6.07) is 14.1. The third-order valence-corrected chi connectivity index (χ3v) is 5.69. The van der Waals surface area contributed by atoms with Crippen LogP contribution in [0.1, 0.15) is 58.7 Å². The second kappa shape index (κ2) is 9.74. The fraction of sp³-hybridized carbons (Fsp3) is 0.0769. The van der Waals surface area contributed by atoms with Crippen molar-refractivity contribution in [2.45, 2.75) is 13.0 Å². The van der Waals surface area contributed by atoms with Gasteiger partial charge in [0.05, 0.1) is 22.3 Å². The maximum Gasteiger partial charge on any atom is 0.335 e. The maximum atomic E-state index is 12.7. The number of carbonyl (C=O) groups is 6. The van der Waals surface area contributed by atoms with Gasteiger partial charge in [0.25, 0.3) is 17.7 Å². The lowest BCUT2D eigenvalue weighted by Gasteiger charge is -2.21. The van der Waals surface area contributed by atoms with Crippen LogP contribution in [-0.2, 0) is 4.79 Å². The average molecular weight is 501 g/mol. The first kappa shape index (κ1) is 24.8. The summed E-state index contributed by atoms with van der Waals surface area (Å²) in [7, 11) is 0. The van der Waals surface area contributed by atoms with E-state index >= 15 is 0 Å². The molecule has 0 bridgehead atoms. The van der Waals surface area contributed by atoms with Gasteiger partial charge in [-0.25, -0.2) is 9.59 Å². The zero-order valence-electron chi connectivity index (χ0n) is 19.2. The zero-order chi connectivity index (χ0) is 26.9. The van der Waals surface area contributed by atoms with Crippen molar-refractivity contribution in [3.63, 3.8) is 0 Å². The highest BCUT2D eigenvalue weighted by molar-refractivity contribution is 6.23. The van der Waals surface area contributed by atoms with Crippen molar-refractivity contribution in [1.29, 1.82) is 0 Å². The van der Waals surface area contributed by atoms with Crippen molar-refractivity contribution in [3.05, 3.63) is 94.5 Å². The topological polar surface area (TPSA) is 170 Å². The zero-order valence-corrected chi connectivity index (χ0v) is 19.2. The molecule has 4 rings (SSSR count). The fourth-order valence-electron chi connectivity index (χ4n) is 3.78. The molecule has 37 heavy (non-hydrogen) atoms. The van der Waals surface area contributed by atoms with Crippen LogP contribution in [0.2, 0.25) is 0 Å². The number of hydrogen-bond donors (Lipinski definition) is 4. The number of imide groups is 1. The van der Waals surface area contributed by atoms with E-state index in [1.54, 1.807) is 12.1 Å². The molecule has 0 aromatic heterocycles. The van der Waals surface area contributed by atoms with E-state index in [0.29, 0.717) is 5.69 Å². The minimum absolute atomic E-state index is 0.0190. The molecule has 0 fully saturated rings. The normalized spacial score (nSPS) is 13.1. The number of carboxylic acid groups (broad SMARTS) is 2. The van der Waals surface area contributed by atoms with Crippen LogP contribution in [0.25, 0.3) is 0 Å².